The molecule has 26 heavy (non-hydrogen) atoms. The molecule has 0 radical (unpaired) electrons. The fourth-order valence-corrected chi connectivity index (χ4v) is 4.39. The third-order valence-corrected chi connectivity index (χ3v) is 6.51. The molecule has 0 bridgehead atoms. The molecule has 6 nitrogen and oxygen atoms in total. The molecule has 142 valence electrons. The van der Waals surface area contributed by atoms with E-state index in [-0.39, 0.29) is 22.6 Å². The van der Waals surface area contributed by atoms with Gasteiger partial charge in [0.05, 0.1) is 10.6 Å². The third-order valence-electron chi connectivity index (χ3n) is 3.74. The molecular formula is C18H24N2O4S2. The molecule has 0 spiro atoms. The van der Waals surface area contributed by atoms with Crippen LogP contribution in [0.5, 0.6) is 0 Å². The van der Waals surface area contributed by atoms with Gasteiger partial charge in [-0.2, -0.15) is 0 Å². The summed E-state index contributed by atoms with van der Waals surface area (Å²) in [5.41, 5.74) is 1.38. The van der Waals surface area contributed by atoms with Gasteiger partial charge in [-0.15, -0.1) is 0 Å². The summed E-state index contributed by atoms with van der Waals surface area (Å²) in [5.74, 6) is -0.360. The molecule has 0 aliphatic carbocycles. The molecule has 0 saturated heterocycles. The fraction of sp³-hybridized carbons (Fsp3) is 0.333. The molecule has 0 aliphatic rings. The summed E-state index contributed by atoms with van der Waals surface area (Å²) in [5, 5.41) is 0. The van der Waals surface area contributed by atoms with Crippen molar-refractivity contribution >= 4 is 25.7 Å². The average Bonchev–Trinajstić information content (AvgIpc) is 2.54. The van der Waals surface area contributed by atoms with Gasteiger partial charge in [0.1, 0.15) is 0 Å². The quantitative estimate of drug-likeness (QED) is 0.753. The molecule has 0 fully saturated rings. The van der Waals surface area contributed by atoms with Gasteiger partial charge < -0.3 is 0 Å². The van der Waals surface area contributed by atoms with Gasteiger partial charge in [0.25, 0.3) is 0 Å². The van der Waals surface area contributed by atoms with Crippen LogP contribution in [-0.4, -0.2) is 29.1 Å². The van der Waals surface area contributed by atoms with Gasteiger partial charge in [0.2, 0.25) is 20.0 Å². The van der Waals surface area contributed by atoms with Gasteiger partial charge in [-0.25, -0.2) is 21.6 Å². The molecule has 0 aromatic heterocycles. The van der Waals surface area contributed by atoms with Crippen molar-refractivity contribution in [2.75, 3.05) is 17.0 Å². The van der Waals surface area contributed by atoms with E-state index in [4.69, 9.17) is 0 Å². The molecule has 0 saturated carbocycles. The second kappa shape index (κ2) is 7.77. The summed E-state index contributed by atoms with van der Waals surface area (Å²) in [6.45, 7) is 5.91. The Kier molecular flexibility index (Phi) is 6.10. The number of sulfonamides is 2. The predicted molar refractivity (Wildman–Crippen MR) is 104 cm³/mol. The normalized spacial score (nSPS) is 12.7. The van der Waals surface area contributed by atoms with E-state index < -0.39 is 20.0 Å². The number of nitrogens with one attached hydrogen (secondary N) is 2. The van der Waals surface area contributed by atoms with Crippen LogP contribution in [0.1, 0.15) is 26.3 Å². The van der Waals surface area contributed by atoms with Crippen LogP contribution in [-0.2, 0) is 25.5 Å². The Bertz CT molecular complexity index is 931. The monoisotopic (exact) mass is 396 g/mol. The highest BCUT2D eigenvalue weighted by atomic mass is 32.2. The van der Waals surface area contributed by atoms with Crippen molar-refractivity contribution < 1.29 is 16.8 Å². The van der Waals surface area contributed by atoms with Crippen LogP contribution < -0.4 is 9.44 Å². The van der Waals surface area contributed by atoms with Crippen molar-refractivity contribution in [2.45, 2.75) is 31.1 Å². The first kappa shape index (κ1) is 20.4. The molecule has 0 heterocycles. The predicted octanol–water partition coefficient (Wildman–Crippen LogP) is 2.70. The van der Waals surface area contributed by atoms with Crippen molar-refractivity contribution in [1.29, 1.82) is 0 Å². The highest BCUT2D eigenvalue weighted by Gasteiger charge is 2.18. The Morgan fingerprint density at radius 1 is 0.846 bits per heavy atom. The Morgan fingerprint density at radius 3 is 1.96 bits per heavy atom. The van der Waals surface area contributed by atoms with Gasteiger partial charge in [0.15, 0.2) is 0 Å². The number of hydrogen-bond donors (Lipinski definition) is 2. The van der Waals surface area contributed by atoms with Crippen LogP contribution in [0, 0.1) is 0 Å². The summed E-state index contributed by atoms with van der Waals surface area (Å²) in [4.78, 5) is 0.110. The first-order chi connectivity index (χ1) is 12.0. The van der Waals surface area contributed by atoms with E-state index in [0.717, 1.165) is 5.56 Å². The lowest BCUT2D eigenvalue weighted by atomic mass is 9.87. The lowest BCUT2D eigenvalue weighted by molar-refractivity contribution is 0.578. The molecule has 2 rings (SSSR count). The zero-order valence-corrected chi connectivity index (χ0v) is 16.7. The molecule has 2 aromatic rings. The van der Waals surface area contributed by atoms with E-state index >= 15 is 0 Å². The number of para-hydroxylation sites is 1. The first-order valence-corrected chi connectivity index (χ1v) is 11.3. The zero-order chi connectivity index (χ0) is 19.4. The summed E-state index contributed by atoms with van der Waals surface area (Å²) >= 11 is 0. The molecule has 2 aromatic carbocycles. The van der Waals surface area contributed by atoms with Crippen LogP contribution in [0.2, 0.25) is 0 Å². The second-order valence-corrected chi connectivity index (χ2v) is 10.6. The van der Waals surface area contributed by atoms with Crippen LogP contribution in [0.15, 0.2) is 59.5 Å². The number of rotatable bonds is 7. The molecule has 0 unspecified atom stereocenters. The molecule has 8 heteroatoms. The largest absolute Gasteiger partial charge is 0.284 e. The number of benzene rings is 2. The molecule has 0 aliphatic heterocycles. The lowest BCUT2D eigenvalue weighted by Gasteiger charge is -2.19. The van der Waals surface area contributed by atoms with E-state index in [2.05, 4.69) is 9.44 Å². The second-order valence-electron chi connectivity index (χ2n) is 6.96. The minimum Gasteiger partial charge on any atom is -0.284 e. The van der Waals surface area contributed by atoms with Crippen molar-refractivity contribution in [3.8, 4) is 0 Å². The zero-order valence-electron chi connectivity index (χ0n) is 15.1. The third kappa shape index (κ3) is 5.82. The first-order valence-electron chi connectivity index (χ1n) is 8.15. The van der Waals surface area contributed by atoms with E-state index in [1.807, 2.05) is 20.8 Å². The van der Waals surface area contributed by atoms with Gasteiger partial charge in [-0.1, -0.05) is 51.1 Å². The lowest BCUT2D eigenvalue weighted by Crippen LogP contribution is -2.31. The van der Waals surface area contributed by atoms with E-state index in [1.165, 1.54) is 12.1 Å². The maximum Gasteiger partial charge on any atom is 0.240 e. The van der Waals surface area contributed by atoms with Gasteiger partial charge in [0, 0.05) is 12.2 Å². The van der Waals surface area contributed by atoms with Gasteiger partial charge >= 0.3 is 0 Å². The molecule has 0 amide bonds. The summed E-state index contributed by atoms with van der Waals surface area (Å²) in [6, 6.07) is 15.0. The minimum atomic E-state index is -3.76. The minimum absolute atomic E-state index is 0.0765. The van der Waals surface area contributed by atoms with E-state index in [9.17, 15) is 16.8 Å². The van der Waals surface area contributed by atoms with Crippen LogP contribution in [0.25, 0.3) is 0 Å². The van der Waals surface area contributed by atoms with Crippen molar-refractivity contribution in [2.24, 2.45) is 0 Å². The fourth-order valence-electron chi connectivity index (χ4n) is 2.26. The maximum absolute atomic E-state index is 12.3. The van der Waals surface area contributed by atoms with Gasteiger partial charge in [-0.3, -0.25) is 4.72 Å². The molecule has 0 atom stereocenters. The Balaban J connectivity index is 1.97. The Morgan fingerprint density at radius 2 is 1.42 bits per heavy atom. The Hall–Kier alpha value is -1.90. The number of anilines is 1. The summed E-state index contributed by atoms with van der Waals surface area (Å²) < 4.78 is 53.4. The summed E-state index contributed by atoms with van der Waals surface area (Å²) in [7, 11) is -7.40. The average molecular weight is 397 g/mol. The highest BCUT2D eigenvalue weighted by Crippen LogP contribution is 2.23. The Labute approximate surface area is 155 Å². The van der Waals surface area contributed by atoms with E-state index in [0.29, 0.717) is 5.69 Å². The summed E-state index contributed by atoms with van der Waals surface area (Å²) in [6.07, 6.45) is 0. The topological polar surface area (TPSA) is 92.3 Å². The van der Waals surface area contributed by atoms with Crippen molar-refractivity contribution in [1.82, 2.24) is 4.72 Å². The standard InChI is InChI=1S/C18H24N2O4S2/c1-18(2,3)15-9-11-17(12-10-15)26(23,24)19-13-14-25(21,22)20-16-7-5-4-6-8-16/h4-12,19-20H,13-14H2,1-3H3. The highest BCUT2D eigenvalue weighted by molar-refractivity contribution is 7.92. The smallest absolute Gasteiger partial charge is 0.240 e. The van der Waals surface area contributed by atoms with Gasteiger partial charge in [-0.05, 0) is 35.2 Å². The molecular weight excluding hydrogens is 372 g/mol. The van der Waals surface area contributed by atoms with Crippen LogP contribution >= 0.6 is 0 Å². The number of hydrogen-bond acceptors (Lipinski definition) is 4. The van der Waals surface area contributed by atoms with Crippen LogP contribution in [0.4, 0.5) is 5.69 Å². The molecule has 2 N–H and O–H groups in total. The van der Waals surface area contributed by atoms with Crippen molar-refractivity contribution in [3.05, 3.63) is 60.2 Å². The van der Waals surface area contributed by atoms with Crippen molar-refractivity contribution in [3.63, 3.8) is 0 Å². The SMILES string of the molecule is CC(C)(C)c1ccc(S(=O)(=O)NCCS(=O)(=O)Nc2ccccc2)cc1. The van der Waals surface area contributed by atoms with E-state index in [1.54, 1.807) is 42.5 Å². The van der Waals surface area contributed by atoms with Crippen LogP contribution in [0.3, 0.4) is 0 Å². The maximum atomic E-state index is 12.3.